The van der Waals surface area contributed by atoms with Crippen molar-refractivity contribution in [3.05, 3.63) is 61.7 Å². The number of aryl methyl sites for hydroxylation is 1. The number of hydrogen-bond donors (Lipinski definition) is 1. The van der Waals surface area contributed by atoms with Crippen LogP contribution in [0, 0.1) is 11.3 Å². The van der Waals surface area contributed by atoms with Gasteiger partial charge in [-0.1, -0.05) is 44.7 Å². The predicted octanol–water partition coefficient (Wildman–Crippen LogP) is 3.52. The smallest absolute Gasteiger partial charge is 0.332 e. The van der Waals surface area contributed by atoms with Crippen molar-refractivity contribution in [1.82, 2.24) is 24.1 Å². The van der Waals surface area contributed by atoms with E-state index < -0.39 is 16.7 Å². The number of thiazole rings is 1. The van der Waals surface area contributed by atoms with Crippen molar-refractivity contribution in [3.8, 4) is 6.07 Å². The van der Waals surface area contributed by atoms with Crippen LogP contribution in [0.3, 0.4) is 0 Å². The number of benzene rings is 1. The third kappa shape index (κ3) is 4.10. The van der Waals surface area contributed by atoms with Gasteiger partial charge in [0.1, 0.15) is 38.6 Å². The second kappa shape index (κ2) is 8.70. The molecule has 0 aliphatic rings. The second-order valence-electron chi connectivity index (χ2n) is 8.72. The van der Waals surface area contributed by atoms with Gasteiger partial charge in [-0.3, -0.25) is 13.9 Å². The molecule has 0 saturated heterocycles. The summed E-state index contributed by atoms with van der Waals surface area (Å²) in [4.78, 5) is 39.0. The molecule has 0 bridgehead atoms. The van der Waals surface area contributed by atoms with E-state index in [1.165, 1.54) is 23.0 Å². The molecule has 0 aliphatic heterocycles. The van der Waals surface area contributed by atoms with E-state index in [0.29, 0.717) is 15.9 Å². The van der Waals surface area contributed by atoms with Crippen molar-refractivity contribution in [3.63, 3.8) is 0 Å². The summed E-state index contributed by atoms with van der Waals surface area (Å²) in [5.74, 6) is 0.277. The number of rotatable bonds is 4. The number of hydrogen-bond acceptors (Lipinski definition) is 9. The third-order valence-electron chi connectivity index (χ3n) is 5.19. The first kappa shape index (κ1) is 23.7. The Morgan fingerprint density at radius 3 is 2.50 bits per heavy atom. The molecular weight excluding hydrogens is 472 g/mol. The van der Waals surface area contributed by atoms with Crippen LogP contribution in [-0.2, 0) is 19.5 Å². The summed E-state index contributed by atoms with van der Waals surface area (Å²) in [5.41, 5.74) is -0.406. The van der Waals surface area contributed by atoms with Gasteiger partial charge in [0, 0.05) is 19.5 Å². The van der Waals surface area contributed by atoms with Gasteiger partial charge in [0.05, 0.1) is 16.0 Å². The van der Waals surface area contributed by atoms with Crippen molar-refractivity contribution in [2.75, 3.05) is 5.75 Å². The molecule has 11 heteroatoms. The lowest BCUT2D eigenvalue weighted by Crippen LogP contribution is -2.38. The summed E-state index contributed by atoms with van der Waals surface area (Å²) in [6.45, 7) is 5.79. The number of allylic oxidation sites excluding steroid dienone is 1. The van der Waals surface area contributed by atoms with Gasteiger partial charge in [-0.25, -0.2) is 19.7 Å². The molecule has 0 radical (unpaired) electrons. The number of aliphatic hydroxyl groups is 1. The molecule has 0 atom stereocenters. The maximum Gasteiger partial charge on any atom is 0.332 e. The molecule has 4 rings (SSSR count). The molecule has 3 heterocycles. The average molecular weight is 495 g/mol. The SMILES string of the molecule is Cn1c(=O)c2c(SC/C(O)=C(\C#N)c3nc4ccccc4s3)nc(C(C)(C)C)nc2n(C)c1=O. The molecule has 0 amide bonds. The summed E-state index contributed by atoms with van der Waals surface area (Å²) < 4.78 is 3.23. The van der Waals surface area contributed by atoms with Gasteiger partial charge < -0.3 is 5.11 Å². The molecule has 0 fully saturated rings. The minimum Gasteiger partial charge on any atom is -0.510 e. The molecule has 1 aromatic carbocycles. The highest BCUT2D eigenvalue weighted by Crippen LogP contribution is 2.31. The first-order valence-corrected chi connectivity index (χ1v) is 12.1. The van der Waals surface area contributed by atoms with Crippen LogP contribution in [0.1, 0.15) is 31.6 Å². The molecule has 1 N–H and O–H groups in total. The van der Waals surface area contributed by atoms with E-state index in [1.54, 1.807) is 7.05 Å². The van der Waals surface area contributed by atoms with Crippen molar-refractivity contribution in [2.45, 2.75) is 31.2 Å². The van der Waals surface area contributed by atoms with Crippen LogP contribution in [0.25, 0.3) is 26.8 Å². The number of fused-ring (bicyclic) bond motifs is 2. The molecule has 4 aromatic rings. The molecule has 174 valence electrons. The molecular formula is C23H22N6O3S2. The standard InChI is InChI=1S/C23H22N6O3S2/c1-23(2,3)21-26-17-16(20(31)29(5)22(32)28(17)4)19(27-21)33-11-14(30)12(10-24)18-25-13-8-6-7-9-15(13)34-18/h6-9,30H,11H2,1-5H3/b14-12-. The number of nitrogens with zero attached hydrogens (tertiary/aromatic N) is 6. The number of aliphatic hydroxyl groups excluding tert-OH is 1. The zero-order valence-electron chi connectivity index (χ0n) is 19.3. The molecule has 0 aliphatic carbocycles. The molecule has 0 spiro atoms. The summed E-state index contributed by atoms with van der Waals surface area (Å²) >= 11 is 2.43. The first-order valence-electron chi connectivity index (χ1n) is 10.3. The van der Waals surface area contributed by atoms with Gasteiger partial charge in [-0.2, -0.15) is 5.26 Å². The van der Waals surface area contributed by atoms with Gasteiger partial charge >= 0.3 is 5.69 Å². The summed E-state index contributed by atoms with van der Waals surface area (Å²) in [7, 11) is 2.95. The topological polar surface area (TPSA) is 127 Å². The van der Waals surface area contributed by atoms with Crippen LogP contribution in [-0.4, -0.2) is 34.9 Å². The van der Waals surface area contributed by atoms with Gasteiger partial charge in [-0.05, 0) is 12.1 Å². The minimum absolute atomic E-state index is 0.0134. The van der Waals surface area contributed by atoms with Gasteiger partial charge in [-0.15, -0.1) is 11.3 Å². The Balaban J connectivity index is 1.83. The van der Waals surface area contributed by atoms with Crippen molar-refractivity contribution < 1.29 is 5.11 Å². The largest absolute Gasteiger partial charge is 0.510 e. The highest BCUT2D eigenvalue weighted by molar-refractivity contribution is 7.99. The van der Waals surface area contributed by atoms with Crippen LogP contribution in [0.5, 0.6) is 0 Å². The highest BCUT2D eigenvalue weighted by Gasteiger charge is 2.24. The number of para-hydroxylation sites is 1. The van der Waals surface area contributed by atoms with E-state index >= 15 is 0 Å². The minimum atomic E-state index is -0.517. The Morgan fingerprint density at radius 2 is 1.85 bits per heavy atom. The lowest BCUT2D eigenvalue weighted by Gasteiger charge is -2.19. The van der Waals surface area contributed by atoms with Crippen molar-refractivity contribution >= 4 is 49.9 Å². The Labute approximate surface area is 203 Å². The normalized spacial score (nSPS) is 12.7. The molecule has 34 heavy (non-hydrogen) atoms. The highest BCUT2D eigenvalue weighted by atomic mass is 32.2. The molecule has 0 saturated carbocycles. The summed E-state index contributed by atoms with van der Waals surface area (Å²) in [6.07, 6.45) is 0. The Kier molecular flexibility index (Phi) is 6.05. The van der Waals surface area contributed by atoms with Crippen LogP contribution >= 0.6 is 23.1 Å². The monoisotopic (exact) mass is 494 g/mol. The lowest BCUT2D eigenvalue weighted by molar-refractivity contribution is 0.421. The fourth-order valence-electron chi connectivity index (χ4n) is 3.29. The van der Waals surface area contributed by atoms with E-state index in [1.807, 2.05) is 51.1 Å². The third-order valence-corrected chi connectivity index (χ3v) is 7.23. The van der Waals surface area contributed by atoms with E-state index in [0.717, 1.165) is 26.5 Å². The van der Waals surface area contributed by atoms with E-state index in [9.17, 15) is 20.0 Å². The quantitative estimate of drug-likeness (QED) is 0.198. The van der Waals surface area contributed by atoms with Crippen molar-refractivity contribution in [1.29, 1.82) is 5.26 Å². The first-order chi connectivity index (χ1) is 16.0. The van der Waals surface area contributed by atoms with Gasteiger partial charge in [0.25, 0.3) is 5.56 Å². The van der Waals surface area contributed by atoms with Crippen LogP contribution in [0.4, 0.5) is 0 Å². The van der Waals surface area contributed by atoms with Crippen LogP contribution in [0.15, 0.2) is 44.6 Å². The van der Waals surface area contributed by atoms with Crippen molar-refractivity contribution in [2.24, 2.45) is 14.1 Å². The lowest BCUT2D eigenvalue weighted by atomic mass is 9.96. The molecule has 9 nitrogen and oxygen atoms in total. The maximum absolute atomic E-state index is 13.0. The Hall–Kier alpha value is -3.49. The van der Waals surface area contributed by atoms with E-state index in [4.69, 9.17) is 0 Å². The zero-order valence-corrected chi connectivity index (χ0v) is 20.9. The van der Waals surface area contributed by atoms with E-state index in [-0.39, 0.29) is 28.1 Å². The summed E-state index contributed by atoms with van der Waals surface area (Å²) in [6, 6.07) is 9.54. The maximum atomic E-state index is 13.0. The molecule has 3 aromatic heterocycles. The number of nitriles is 1. The fourth-order valence-corrected chi connectivity index (χ4v) is 5.17. The number of aromatic nitrogens is 5. The van der Waals surface area contributed by atoms with Crippen LogP contribution < -0.4 is 11.2 Å². The number of thioether (sulfide) groups is 1. The van der Waals surface area contributed by atoms with E-state index in [2.05, 4.69) is 15.0 Å². The Morgan fingerprint density at radius 1 is 1.15 bits per heavy atom. The summed E-state index contributed by atoms with van der Waals surface area (Å²) in [5, 5.41) is 21.4. The molecule has 0 unspecified atom stereocenters. The Bertz CT molecular complexity index is 1600. The van der Waals surface area contributed by atoms with Gasteiger partial charge in [0.2, 0.25) is 0 Å². The van der Waals surface area contributed by atoms with Gasteiger partial charge in [0.15, 0.2) is 5.65 Å². The zero-order chi connectivity index (χ0) is 24.8. The average Bonchev–Trinajstić information content (AvgIpc) is 3.23. The predicted molar refractivity (Wildman–Crippen MR) is 134 cm³/mol. The second-order valence-corrected chi connectivity index (χ2v) is 10.7. The fraction of sp³-hybridized carbons (Fsp3) is 0.304. The van der Waals surface area contributed by atoms with Crippen LogP contribution in [0.2, 0.25) is 0 Å².